The second kappa shape index (κ2) is 15.2. The highest BCUT2D eigenvalue weighted by atomic mass is 31.1. The molecule has 1 aliphatic heterocycles. The number of fused-ring (bicyclic) bond motifs is 2. The van der Waals surface area contributed by atoms with E-state index in [4.69, 9.17) is 0 Å². The van der Waals surface area contributed by atoms with Crippen molar-refractivity contribution in [3.8, 4) is 11.1 Å². The molecule has 1 nitrogen and oxygen atoms in total. The van der Waals surface area contributed by atoms with Gasteiger partial charge < -0.3 is 0 Å². The van der Waals surface area contributed by atoms with Gasteiger partial charge in [0.2, 0.25) is 0 Å². The van der Waals surface area contributed by atoms with E-state index in [0.29, 0.717) is 8.58 Å². The Balaban J connectivity index is 1.50. The number of benzene rings is 6. The van der Waals surface area contributed by atoms with Crippen molar-refractivity contribution >= 4 is 41.0 Å². The van der Waals surface area contributed by atoms with E-state index in [1.165, 1.54) is 84.2 Å². The third-order valence-electron chi connectivity index (χ3n) is 9.57. The van der Waals surface area contributed by atoms with Gasteiger partial charge in [0.1, 0.15) is 0 Å². The molecule has 1 heterocycles. The topological polar surface area (TPSA) is 12.0 Å². The van der Waals surface area contributed by atoms with Crippen LogP contribution >= 0.6 is 8.58 Å². The molecule has 0 fully saturated rings. The average molecular weight is 654 g/mol. The predicted octanol–water partition coefficient (Wildman–Crippen LogP) is 13.2. The first-order chi connectivity index (χ1) is 24.2. The van der Waals surface area contributed by atoms with E-state index in [-0.39, 0.29) is 11.8 Å². The van der Waals surface area contributed by atoms with Crippen molar-refractivity contribution in [2.24, 2.45) is 0 Å². The highest BCUT2D eigenvalue weighted by Gasteiger charge is 2.26. The van der Waals surface area contributed by atoms with Gasteiger partial charge in [-0.2, -0.15) is 0 Å². The zero-order valence-electron chi connectivity index (χ0n) is 28.5. The van der Waals surface area contributed by atoms with Gasteiger partial charge in [0.25, 0.3) is 0 Å². The molecule has 6 aromatic rings. The normalized spacial score (nSPS) is 17.2. The van der Waals surface area contributed by atoms with E-state index in [0.717, 1.165) is 6.42 Å². The summed E-state index contributed by atoms with van der Waals surface area (Å²) in [5, 5.41) is 10.6. The van der Waals surface area contributed by atoms with Gasteiger partial charge >= 0.3 is 0 Å². The van der Waals surface area contributed by atoms with Crippen molar-refractivity contribution in [2.45, 2.75) is 44.9 Å². The SMILES string of the molecule is C=C/C=C(\C=C/C)c1c2cc(CCCC)ccc2c(-c2ccccc2)c2cc(C3C=C(c4ccccc4)PC(c4ccccc4)N3)ccc12. The Labute approximate surface area is 293 Å². The zero-order chi connectivity index (χ0) is 33.6. The molecular weight excluding hydrogens is 609 g/mol. The molecule has 0 radical (unpaired) electrons. The van der Waals surface area contributed by atoms with Crippen LogP contribution in [0.4, 0.5) is 0 Å². The number of aryl methyl sites for hydroxylation is 1. The van der Waals surface area contributed by atoms with Crippen molar-refractivity contribution < 1.29 is 0 Å². The van der Waals surface area contributed by atoms with E-state index >= 15 is 0 Å². The summed E-state index contributed by atoms with van der Waals surface area (Å²) < 4.78 is 0. The number of hydrogen-bond donors (Lipinski definition) is 1. The third-order valence-corrected chi connectivity index (χ3v) is 11.1. The Hall–Kier alpha value is -4.81. The largest absolute Gasteiger partial charge is 0.296 e. The molecule has 7 rings (SSSR count). The molecule has 0 aromatic heterocycles. The van der Waals surface area contributed by atoms with Gasteiger partial charge in [-0.15, -0.1) is 0 Å². The minimum Gasteiger partial charge on any atom is -0.296 e. The third kappa shape index (κ3) is 6.88. The number of allylic oxidation sites excluding steroid dienone is 5. The molecule has 0 aliphatic carbocycles. The van der Waals surface area contributed by atoms with Gasteiger partial charge in [-0.25, -0.2) is 0 Å². The van der Waals surface area contributed by atoms with E-state index in [2.05, 4.69) is 177 Å². The van der Waals surface area contributed by atoms with Gasteiger partial charge in [-0.05, 0) is 97.2 Å². The highest BCUT2D eigenvalue weighted by molar-refractivity contribution is 7.51. The molecule has 3 unspecified atom stereocenters. The second-order valence-corrected chi connectivity index (χ2v) is 14.2. The van der Waals surface area contributed by atoms with Crippen LogP contribution in [-0.4, -0.2) is 0 Å². The summed E-state index contributed by atoms with van der Waals surface area (Å²) in [7, 11) is 0.631. The summed E-state index contributed by atoms with van der Waals surface area (Å²) in [4.78, 5) is 0. The van der Waals surface area contributed by atoms with Crippen LogP contribution in [0, 0.1) is 0 Å². The molecule has 3 atom stereocenters. The monoisotopic (exact) mass is 653 g/mol. The Morgan fingerprint density at radius 2 is 1.43 bits per heavy atom. The quantitative estimate of drug-likeness (QED) is 0.0881. The van der Waals surface area contributed by atoms with Crippen LogP contribution in [0.5, 0.6) is 0 Å². The molecule has 0 bridgehead atoms. The Kier molecular flexibility index (Phi) is 10.1. The highest BCUT2D eigenvalue weighted by Crippen LogP contribution is 2.50. The van der Waals surface area contributed by atoms with Crippen LogP contribution in [0.25, 0.3) is 43.6 Å². The van der Waals surface area contributed by atoms with Gasteiger partial charge in [0.15, 0.2) is 0 Å². The maximum absolute atomic E-state index is 4.11. The molecule has 2 heteroatoms. The first-order valence-electron chi connectivity index (χ1n) is 17.6. The molecule has 6 aromatic carbocycles. The van der Waals surface area contributed by atoms with Gasteiger partial charge in [0.05, 0.1) is 11.8 Å². The van der Waals surface area contributed by atoms with Crippen molar-refractivity contribution in [3.05, 3.63) is 192 Å². The van der Waals surface area contributed by atoms with Crippen molar-refractivity contribution in [1.82, 2.24) is 5.32 Å². The van der Waals surface area contributed by atoms with Crippen LogP contribution < -0.4 is 5.32 Å². The van der Waals surface area contributed by atoms with Crippen LogP contribution in [0.1, 0.15) is 66.3 Å². The van der Waals surface area contributed by atoms with Crippen LogP contribution in [0.2, 0.25) is 0 Å². The van der Waals surface area contributed by atoms with E-state index in [1.54, 1.807) is 0 Å². The average Bonchev–Trinajstić information content (AvgIpc) is 3.16. The number of unbranched alkanes of at least 4 members (excludes halogenated alkanes) is 1. The van der Waals surface area contributed by atoms with Crippen molar-refractivity contribution in [3.63, 3.8) is 0 Å². The smallest absolute Gasteiger partial charge is 0.0542 e. The van der Waals surface area contributed by atoms with Gasteiger partial charge in [-0.1, -0.05) is 180 Å². The lowest BCUT2D eigenvalue weighted by atomic mass is 9.83. The first kappa shape index (κ1) is 32.7. The minimum atomic E-state index is 0.0592. The fourth-order valence-corrected chi connectivity index (χ4v) is 8.76. The number of nitrogens with one attached hydrogen (secondary N) is 1. The zero-order valence-corrected chi connectivity index (χ0v) is 29.5. The molecule has 0 amide bonds. The standard InChI is InChI=1S/C47H44NP/c1-4-7-19-33-26-28-39-41(30-33)45(35(17-5-2)18-6-3)40-29-27-38(31-42(40)46(39)36-22-13-9-14-23-36)43-32-44(34-20-11-8-12-21-34)49-47(48-43)37-24-15-10-16-25-37/h5-6,8-18,20-32,43,47-49H,2,4,7,19H2,1,3H3/b18-6-,35-17+. The van der Waals surface area contributed by atoms with Crippen molar-refractivity contribution in [2.75, 3.05) is 0 Å². The summed E-state index contributed by atoms with van der Waals surface area (Å²) in [5.74, 6) is 0.237. The summed E-state index contributed by atoms with van der Waals surface area (Å²) >= 11 is 0. The number of hydrogen-bond acceptors (Lipinski definition) is 1. The maximum Gasteiger partial charge on any atom is 0.0542 e. The molecule has 0 saturated carbocycles. The Morgan fingerprint density at radius 1 is 0.735 bits per heavy atom. The lowest BCUT2D eigenvalue weighted by Crippen LogP contribution is -2.25. The molecule has 242 valence electrons. The van der Waals surface area contributed by atoms with Crippen LogP contribution in [-0.2, 0) is 6.42 Å². The summed E-state index contributed by atoms with van der Waals surface area (Å²) in [5.41, 5.74) is 10.3. The predicted molar refractivity (Wildman–Crippen MR) is 216 cm³/mol. The van der Waals surface area contributed by atoms with Gasteiger partial charge in [0, 0.05) is 0 Å². The van der Waals surface area contributed by atoms with Gasteiger partial charge in [-0.3, -0.25) is 5.32 Å². The summed E-state index contributed by atoms with van der Waals surface area (Å²) in [6.07, 6.45) is 14.4. The van der Waals surface area contributed by atoms with E-state index < -0.39 is 0 Å². The molecule has 0 saturated heterocycles. The van der Waals surface area contributed by atoms with Crippen molar-refractivity contribution in [1.29, 1.82) is 0 Å². The molecule has 0 spiro atoms. The van der Waals surface area contributed by atoms with Crippen LogP contribution in [0.3, 0.4) is 0 Å². The summed E-state index contributed by atoms with van der Waals surface area (Å²) in [6, 6.07) is 47.2. The molecule has 49 heavy (non-hydrogen) atoms. The minimum absolute atomic E-state index is 0.0592. The Bertz CT molecular complexity index is 2170. The Morgan fingerprint density at radius 3 is 2.12 bits per heavy atom. The fraction of sp³-hybridized carbons (Fsp3) is 0.149. The summed E-state index contributed by atoms with van der Waals surface area (Å²) in [6.45, 7) is 8.47. The first-order valence-corrected chi connectivity index (χ1v) is 18.6. The van der Waals surface area contributed by atoms with Crippen LogP contribution in [0.15, 0.2) is 164 Å². The number of rotatable bonds is 10. The molecule has 1 aliphatic rings. The van der Waals surface area contributed by atoms with E-state index in [9.17, 15) is 0 Å². The van der Waals surface area contributed by atoms with E-state index in [1.807, 2.05) is 6.08 Å². The molecular formula is C47H44NP. The fourth-order valence-electron chi connectivity index (χ4n) is 7.23. The lowest BCUT2D eigenvalue weighted by molar-refractivity contribution is 0.603. The second-order valence-electron chi connectivity index (χ2n) is 12.8. The lowest BCUT2D eigenvalue weighted by Gasteiger charge is -2.32. The maximum atomic E-state index is 4.11. The molecule has 1 N–H and O–H groups in total.